The summed E-state index contributed by atoms with van der Waals surface area (Å²) >= 11 is 6.12. The molecular formula is C17H22ClN3O6S2. The van der Waals surface area contributed by atoms with E-state index in [9.17, 15) is 16.8 Å². The van der Waals surface area contributed by atoms with E-state index in [0.717, 1.165) is 0 Å². The Bertz CT molecular complexity index is 1160. The lowest BCUT2D eigenvalue weighted by molar-refractivity contribution is 0.396. The maximum atomic E-state index is 13.1. The third-order valence-electron chi connectivity index (χ3n) is 4.80. The van der Waals surface area contributed by atoms with Gasteiger partial charge in [0.25, 0.3) is 10.0 Å². The molecule has 0 unspecified atom stereocenters. The Morgan fingerprint density at radius 1 is 1.21 bits per heavy atom. The van der Waals surface area contributed by atoms with Crippen molar-refractivity contribution in [1.82, 2.24) is 9.78 Å². The molecule has 1 saturated heterocycles. The van der Waals surface area contributed by atoms with Crippen molar-refractivity contribution in [1.29, 1.82) is 0 Å². The van der Waals surface area contributed by atoms with E-state index in [4.69, 9.17) is 21.1 Å². The van der Waals surface area contributed by atoms with Crippen molar-refractivity contribution in [2.75, 3.05) is 30.4 Å². The average Bonchev–Trinajstić information content (AvgIpc) is 3.13. The van der Waals surface area contributed by atoms with Crippen LogP contribution in [0.3, 0.4) is 0 Å². The van der Waals surface area contributed by atoms with E-state index in [2.05, 4.69) is 9.82 Å². The molecular weight excluding hydrogens is 442 g/mol. The highest BCUT2D eigenvalue weighted by atomic mass is 35.5. The molecule has 2 heterocycles. The van der Waals surface area contributed by atoms with Gasteiger partial charge >= 0.3 is 0 Å². The molecule has 1 atom stereocenters. The van der Waals surface area contributed by atoms with Crippen LogP contribution in [0.25, 0.3) is 0 Å². The highest BCUT2D eigenvalue weighted by molar-refractivity contribution is 7.93. The van der Waals surface area contributed by atoms with Gasteiger partial charge in [-0.05, 0) is 26.3 Å². The van der Waals surface area contributed by atoms with Crippen molar-refractivity contribution < 1.29 is 26.3 Å². The van der Waals surface area contributed by atoms with Crippen LogP contribution in [-0.4, -0.2) is 52.3 Å². The van der Waals surface area contributed by atoms with Gasteiger partial charge in [-0.1, -0.05) is 11.6 Å². The average molecular weight is 464 g/mol. The maximum Gasteiger partial charge on any atom is 0.265 e. The quantitative estimate of drug-likeness (QED) is 0.698. The number of halogens is 1. The maximum absolute atomic E-state index is 13.1. The summed E-state index contributed by atoms with van der Waals surface area (Å²) in [4.78, 5) is -0.00390. The first kappa shape index (κ1) is 21.7. The molecule has 2 aromatic rings. The topological polar surface area (TPSA) is 117 Å². The number of nitrogens with zero attached hydrogens (tertiary/aromatic N) is 2. The normalized spacial score (nSPS) is 18.6. The zero-order valence-corrected chi connectivity index (χ0v) is 18.8. The SMILES string of the molecule is COc1cc(OC)c(NS(=O)(=O)c2c(C)nn([C@H]3CCS(=O)(=O)C3)c2C)cc1Cl. The number of aromatic nitrogens is 2. The van der Waals surface area contributed by atoms with Gasteiger partial charge in [-0.3, -0.25) is 9.40 Å². The van der Waals surface area contributed by atoms with Crippen LogP contribution in [0, 0.1) is 13.8 Å². The molecule has 9 nitrogen and oxygen atoms in total. The molecule has 0 amide bonds. The molecule has 0 saturated carbocycles. The summed E-state index contributed by atoms with van der Waals surface area (Å²) in [6, 6.07) is 2.50. The number of rotatable bonds is 6. The highest BCUT2D eigenvalue weighted by Gasteiger charge is 2.34. The first-order chi connectivity index (χ1) is 13.5. The van der Waals surface area contributed by atoms with E-state index in [0.29, 0.717) is 17.9 Å². The molecule has 1 aliphatic heterocycles. The van der Waals surface area contributed by atoms with Gasteiger partial charge in [-0.25, -0.2) is 16.8 Å². The highest BCUT2D eigenvalue weighted by Crippen LogP contribution is 2.37. The molecule has 1 aliphatic rings. The molecule has 12 heteroatoms. The molecule has 0 radical (unpaired) electrons. The zero-order chi connectivity index (χ0) is 21.6. The number of sulfonamides is 1. The minimum Gasteiger partial charge on any atom is -0.495 e. The number of sulfone groups is 1. The number of aryl methyl sites for hydroxylation is 1. The summed E-state index contributed by atoms with van der Waals surface area (Å²) in [5.74, 6) is 0.593. The number of hydrogen-bond donors (Lipinski definition) is 1. The van der Waals surface area contributed by atoms with E-state index in [-0.39, 0.29) is 44.6 Å². The van der Waals surface area contributed by atoms with Crippen molar-refractivity contribution in [3.05, 3.63) is 28.5 Å². The number of hydrogen-bond acceptors (Lipinski definition) is 7. The van der Waals surface area contributed by atoms with Crippen LogP contribution >= 0.6 is 11.6 Å². The predicted molar refractivity (Wildman–Crippen MR) is 109 cm³/mol. The summed E-state index contributed by atoms with van der Waals surface area (Å²) in [5, 5.41) is 4.52. The predicted octanol–water partition coefficient (Wildman–Crippen LogP) is 2.33. The first-order valence-corrected chi connectivity index (χ1v) is 12.4. The summed E-state index contributed by atoms with van der Waals surface area (Å²) in [6.07, 6.45) is 0.402. The first-order valence-electron chi connectivity index (χ1n) is 8.69. The Morgan fingerprint density at radius 2 is 1.86 bits per heavy atom. The number of benzene rings is 1. The Morgan fingerprint density at radius 3 is 2.41 bits per heavy atom. The lowest BCUT2D eigenvalue weighted by Gasteiger charge is -2.15. The van der Waals surface area contributed by atoms with Gasteiger partial charge in [-0.2, -0.15) is 5.10 Å². The smallest absolute Gasteiger partial charge is 0.265 e. The molecule has 1 fully saturated rings. The van der Waals surface area contributed by atoms with Crippen LogP contribution in [0.1, 0.15) is 23.9 Å². The second-order valence-corrected chi connectivity index (χ2v) is 11.0. The van der Waals surface area contributed by atoms with Gasteiger partial charge in [0.15, 0.2) is 9.84 Å². The van der Waals surface area contributed by atoms with Crippen LogP contribution in [0.5, 0.6) is 11.5 Å². The Balaban J connectivity index is 2.00. The molecule has 1 N–H and O–H groups in total. The van der Waals surface area contributed by atoms with Crippen LogP contribution < -0.4 is 14.2 Å². The molecule has 0 spiro atoms. The molecule has 1 aromatic carbocycles. The molecule has 0 bridgehead atoms. The Labute approximate surface area is 174 Å². The minimum atomic E-state index is -4.04. The largest absolute Gasteiger partial charge is 0.495 e. The van der Waals surface area contributed by atoms with Crippen LogP contribution in [-0.2, 0) is 19.9 Å². The van der Waals surface area contributed by atoms with Crippen LogP contribution in [0.2, 0.25) is 5.02 Å². The summed E-state index contributed by atoms with van der Waals surface area (Å²) < 4.78 is 64.2. The number of nitrogens with one attached hydrogen (secondary N) is 1. The lowest BCUT2D eigenvalue weighted by atomic mass is 10.2. The fraction of sp³-hybridized carbons (Fsp3) is 0.471. The summed E-state index contributed by atoms with van der Waals surface area (Å²) in [6.45, 7) is 3.18. The molecule has 1 aromatic heterocycles. The van der Waals surface area contributed by atoms with Crippen molar-refractivity contribution in [2.45, 2.75) is 31.2 Å². The van der Waals surface area contributed by atoms with Crippen molar-refractivity contribution >= 4 is 37.1 Å². The van der Waals surface area contributed by atoms with E-state index in [1.54, 1.807) is 13.8 Å². The van der Waals surface area contributed by atoms with Gasteiger partial charge in [0, 0.05) is 6.07 Å². The minimum absolute atomic E-state index is 0.00390. The van der Waals surface area contributed by atoms with Gasteiger partial charge in [0.05, 0.1) is 53.9 Å². The van der Waals surface area contributed by atoms with Gasteiger partial charge < -0.3 is 9.47 Å². The zero-order valence-electron chi connectivity index (χ0n) is 16.4. The third-order valence-corrected chi connectivity index (χ3v) is 8.46. The van der Waals surface area contributed by atoms with E-state index >= 15 is 0 Å². The van der Waals surface area contributed by atoms with Gasteiger partial charge in [0.1, 0.15) is 16.4 Å². The molecule has 160 valence electrons. The number of anilines is 1. The van der Waals surface area contributed by atoms with Crippen molar-refractivity contribution in [3.8, 4) is 11.5 Å². The second-order valence-electron chi connectivity index (χ2n) is 6.79. The van der Waals surface area contributed by atoms with Crippen molar-refractivity contribution in [3.63, 3.8) is 0 Å². The second kappa shape index (κ2) is 7.69. The molecule has 0 aliphatic carbocycles. The fourth-order valence-corrected chi connectivity index (χ4v) is 6.89. The number of methoxy groups -OCH3 is 2. The third kappa shape index (κ3) is 4.17. The van der Waals surface area contributed by atoms with E-state index in [1.165, 1.54) is 31.0 Å². The Kier molecular flexibility index (Phi) is 5.76. The fourth-order valence-electron chi connectivity index (χ4n) is 3.50. The van der Waals surface area contributed by atoms with Crippen LogP contribution in [0.4, 0.5) is 5.69 Å². The molecule has 3 rings (SSSR count). The van der Waals surface area contributed by atoms with Crippen LogP contribution in [0.15, 0.2) is 17.0 Å². The number of ether oxygens (including phenoxy) is 2. The Hall–Kier alpha value is -1.98. The summed E-state index contributed by atoms with van der Waals surface area (Å²) in [5.41, 5.74) is 0.793. The molecule has 29 heavy (non-hydrogen) atoms. The lowest BCUT2D eigenvalue weighted by Crippen LogP contribution is -2.17. The standard InChI is InChI=1S/C17H22ClN3O6S2/c1-10-17(11(2)21(19-10)12-5-6-28(22,23)9-12)29(24,25)20-14-7-13(18)15(26-3)8-16(14)27-4/h7-8,12,20H,5-6,9H2,1-4H3/t12-/m0/s1. The van der Waals surface area contributed by atoms with E-state index in [1.807, 2.05) is 0 Å². The van der Waals surface area contributed by atoms with Crippen molar-refractivity contribution in [2.24, 2.45) is 0 Å². The van der Waals surface area contributed by atoms with Gasteiger partial charge in [-0.15, -0.1) is 0 Å². The van der Waals surface area contributed by atoms with E-state index < -0.39 is 19.9 Å². The monoisotopic (exact) mass is 463 g/mol. The van der Waals surface area contributed by atoms with Gasteiger partial charge in [0.2, 0.25) is 0 Å². The summed E-state index contributed by atoms with van der Waals surface area (Å²) in [7, 11) is -4.34.